The second-order valence-corrected chi connectivity index (χ2v) is 17.0. The summed E-state index contributed by atoms with van der Waals surface area (Å²) in [5.41, 5.74) is 14.3. The van der Waals surface area contributed by atoms with E-state index in [9.17, 15) is 0 Å². The van der Waals surface area contributed by atoms with Crippen molar-refractivity contribution in [3.05, 3.63) is 281 Å². The minimum atomic E-state index is -0.705. The smallest absolute Gasteiger partial charge is 0.164 e. The minimum absolute atomic E-state index is 0.523. The lowest BCUT2D eigenvalue weighted by Gasteiger charge is -2.49. The number of benzene rings is 10. The standard InChI is InChI=1S/C61H39N3/c1-3-24-43(25-4-1)60(53-36-13-14-37-54(53)61(44-26-5-2-6-27-44)52-35-12-11-31-48(52)49-32-18-38-55(60)56(49)61)45-28-15-23-42(39-45)57-62-58(50-33-16-21-40-19-7-9-29-46(40)50)64-59(63-57)51-34-17-22-41-20-8-10-30-47(41)51/h1-39H. The Bertz CT molecular complexity index is 3530. The highest BCUT2D eigenvalue weighted by molar-refractivity contribution is 5.98. The van der Waals surface area contributed by atoms with Crippen LogP contribution in [-0.2, 0) is 10.8 Å². The van der Waals surface area contributed by atoms with Crippen molar-refractivity contribution >= 4 is 21.5 Å². The third-order valence-corrected chi connectivity index (χ3v) is 13.9. The molecule has 3 nitrogen and oxygen atoms in total. The molecule has 64 heavy (non-hydrogen) atoms. The lowest BCUT2D eigenvalue weighted by molar-refractivity contribution is 0.627. The zero-order valence-corrected chi connectivity index (χ0v) is 34.9. The Balaban J connectivity index is 1.11. The summed E-state index contributed by atoms with van der Waals surface area (Å²) in [7, 11) is 0. The van der Waals surface area contributed by atoms with Gasteiger partial charge in [0.15, 0.2) is 17.5 Å². The zero-order chi connectivity index (χ0) is 42.2. The van der Waals surface area contributed by atoms with Crippen molar-refractivity contribution in [3.8, 4) is 45.3 Å². The fraction of sp³-hybridized carbons (Fsp3) is 0.0328. The molecule has 2 aliphatic carbocycles. The molecule has 11 aromatic rings. The monoisotopic (exact) mass is 813 g/mol. The molecule has 0 N–H and O–H groups in total. The molecule has 2 atom stereocenters. The molecule has 1 aromatic heterocycles. The van der Waals surface area contributed by atoms with Crippen LogP contribution in [0.15, 0.2) is 237 Å². The molecule has 0 radical (unpaired) electrons. The van der Waals surface area contributed by atoms with Crippen LogP contribution in [0.5, 0.6) is 0 Å². The number of rotatable bonds is 6. The van der Waals surface area contributed by atoms with Crippen molar-refractivity contribution in [1.82, 2.24) is 15.0 Å². The summed E-state index contributed by atoms with van der Waals surface area (Å²) >= 11 is 0. The van der Waals surface area contributed by atoms with Crippen LogP contribution in [0.3, 0.4) is 0 Å². The van der Waals surface area contributed by atoms with E-state index in [0.29, 0.717) is 17.5 Å². The molecule has 0 aliphatic heterocycles. The molecule has 13 rings (SSSR count). The van der Waals surface area contributed by atoms with Crippen molar-refractivity contribution in [2.75, 3.05) is 0 Å². The summed E-state index contributed by atoms with van der Waals surface area (Å²) in [5.74, 6) is 1.91. The molecule has 0 saturated carbocycles. The number of fused-ring (bicyclic) bond motifs is 7. The first-order valence-electron chi connectivity index (χ1n) is 22.0. The Hall–Kier alpha value is -8.27. The Kier molecular flexibility index (Phi) is 8.04. The predicted molar refractivity (Wildman–Crippen MR) is 260 cm³/mol. The Morgan fingerprint density at radius 3 is 1.34 bits per heavy atom. The summed E-state index contributed by atoms with van der Waals surface area (Å²) in [6.45, 7) is 0. The molecule has 0 fully saturated rings. The molecule has 3 heteroatoms. The minimum Gasteiger partial charge on any atom is -0.208 e. The molecule has 298 valence electrons. The van der Waals surface area contributed by atoms with E-state index >= 15 is 0 Å². The maximum atomic E-state index is 5.39. The molecule has 0 bridgehead atoms. The second-order valence-electron chi connectivity index (χ2n) is 17.0. The summed E-state index contributed by atoms with van der Waals surface area (Å²) < 4.78 is 0. The molecule has 0 saturated heterocycles. The van der Waals surface area contributed by atoms with Gasteiger partial charge in [0.2, 0.25) is 0 Å². The van der Waals surface area contributed by atoms with Crippen LogP contribution in [0.1, 0.15) is 44.5 Å². The maximum Gasteiger partial charge on any atom is 0.164 e. The van der Waals surface area contributed by atoms with E-state index < -0.39 is 10.8 Å². The Morgan fingerprint density at radius 1 is 0.266 bits per heavy atom. The number of nitrogens with zero attached hydrogens (tertiary/aromatic N) is 3. The highest BCUT2D eigenvalue weighted by atomic mass is 15.0. The second kappa shape index (κ2) is 14.1. The van der Waals surface area contributed by atoms with Crippen molar-refractivity contribution in [2.45, 2.75) is 10.8 Å². The van der Waals surface area contributed by atoms with Gasteiger partial charge in [0.05, 0.1) is 10.8 Å². The van der Waals surface area contributed by atoms with E-state index in [0.717, 1.165) is 43.8 Å². The molecule has 10 aromatic carbocycles. The van der Waals surface area contributed by atoms with Gasteiger partial charge >= 0.3 is 0 Å². The number of hydrogen-bond donors (Lipinski definition) is 0. The van der Waals surface area contributed by atoms with Crippen LogP contribution in [0, 0.1) is 0 Å². The van der Waals surface area contributed by atoms with Gasteiger partial charge in [-0.1, -0.05) is 231 Å². The van der Waals surface area contributed by atoms with E-state index in [4.69, 9.17) is 15.0 Å². The van der Waals surface area contributed by atoms with Crippen LogP contribution in [0.2, 0.25) is 0 Å². The van der Waals surface area contributed by atoms with Gasteiger partial charge in [-0.25, -0.2) is 15.0 Å². The zero-order valence-electron chi connectivity index (χ0n) is 34.9. The summed E-state index contributed by atoms with van der Waals surface area (Å²) in [5, 5.41) is 4.48. The van der Waals surface area contributed by atoms with E-state index in [-0.39, 0.29) is 0 Å². The van der Waals surface area contributed by atoms with E-state index in [2.05, 4.69) is 237 Å². The molecule has 2 unspecified atom stereocenters. The average molecular weight is 814 g/mol. The normalized spacial score (nSPS) is 16.9. The van der Waals surface area contributed by atoms with Gasteiger partial charge in [-0.15, -0.1) is 0 Å². The van der Waals surface area contributed by atoms with Gasteiger partial charge in [-0.05, 0) is 83.2 Å². The fourth-order valence-corrected chi connectivity index (χ4v) is 11.3. The Labute approximate surface area is 372 Å². The molecule has 1 heterocycles. The van der Waals surface area contributed by atoms with Crippen LogP contribution < -0.4 is 0 Å². The maximum absolute atomic E-state index is 5.39. The van der Waals surface area contributed by atoms with Gasteiger partial charge in [0, 0.05) is 16.7 Å². The van der Waals surface area contributed by atoms with Crippen molar-refractivity contribution in [2.24, 2.45) is 0 Å². The molecular weight excluding hydrogens is 775 g/mol. The first-order chi connectivity index (χ1) is 31.7. The third-order valence-electron chi connectivity index (χ3n) is 13.9. The van der Waals surface area contributed by atoms with Crippen LogP contribution in [0.25, 0.3) is 66.8 Å². The van der Waals surface area contributed by atoms with E-state index in [1.54, 1.807) is 0 Å². The van der Waals surface area contributed by atoms with Crippen LogP contribution in [0.4, 0.5) is 0 Å². The molecule has 0 spiro atoms. The first kappa shape index (κ1) is 36.4. The largest absolute Gasteiger partial charge is 0.208 e. The summed E-state index contributed by atoms with van der Waals surface area (Å²) in [6, 6.07) is 86.1. The SMILES string of the molecule is c1ccc(C2(c3cccc(-c4nc(-c5cccc6ccccc56)nc(-c5cccc6ccccc56)n4)c3)c3ccccc3C3(c4ccccc4)c4ccccc4-c4cccc2c43)cc1. The van der Waals surface area contributed by atoms with Gasteiger partial charge in [-0.2, -0.15) is 0 Å². The topological polar surface area (TPSA) is 38.7 Å². The highest BCUT2D eigenvalue weighted by Crippen LogP contribution is 2.65. The summed E-state index contributed by atoms with van der Waals surface area (Å²) in [6.07, 6.45) is 0. The van der Waals surface area contributed by atoms with Crippen LogP contribution in [-0.4, -0.2) is 15.0 Å². The Morgan fingerprint density at radius 2 is 0.688 bits per heavy atom. The van der Waals surface area contributed by atoms with Gasteiger partial charge in [-0.3, -0.25) is 0 Å². The van der Waals surface area contributed by atoms with Crippen molar-refractivity contribution in [1.29, 1.82) is 0 Å². The lowest BCUT2D eigenvalue weighted by atomic mass is 9.51. The third kappa shape index (κ3) is 5.07. The van der Waals surface area contributed by atoms with Gasteiger partial charge in [0.1, 0.15) is 0 Å². The molecule has 2 aliphatic rings. The average Bonchev–Trinajstić information content (AvgIpc) is 3.69. The number of hydrogen-bond acceptors (Lipinski definition) is 3. The van der Waals surface area contributed by atoms with Crippen LogP contribution >= 0.6 is 0 Å². The first-order valence-corrected chi connectivity index (χ1v) is 22.0. The van der Waals surface area contributed by atoms with Gasteiger partial charge < -0.3 is 0 Å². The molecule has 0 amide bonds. The van der Waals surface area contributed by atoms with E-state index in [1.165, 1.54) is 50.1 Å². The lowest BCUT2D eigenvalue weighted by Crippen LogP contribution is -2.44. The van der Waals surface area contributed by atoms with E-state index in [1.807, 2.05) is 0 Å². The fourth-order valence-electron chi connectivity index (χ4n) is 11.3. The highest BCUT2D eigenvalue weighted by Gasteiger charge is 2.57. The van der Waals surface area contributed by atoms with Crippen molar-refractivity contribution in [3.63, 3.8) is 0 Å². The predicted octanol–water partition coefficient (Wildman–Crippen LogP) is 14.2. The number of aromatic nitrogens is 3. The molecular formula is C61H39N3. The van der Waals surface area contributed by atoms with Gasteiger partial charge in [0.25, 0.3) is 0 Å². The quantitative estimate of drug-likeness (QED) is 0.168. The summed E-state index contributed by atoms with van der Waals surface area (Å²) in [4.78, 5) is 16.1. The van der Waals surface area contributed by atoms with Crippen molar-refractivity contribution < 1.29 is 0 Å².